The van der Waals surface area contributed by atoms with E-state index in [1.165, 1.54) is 0 Å². The molecule has 4 nitrogen and oxygen atoms in total. The van der Waals surface area contributed by atoms with Crippen molar-refractivity contribution in [1.82, 2.24) is 10.1 Å². The predicted molar refractivity (Wildman–Crippen MR) is 73.3 cm³/mol. The van der Waals surface area contributed by atoms with E-state index in [9.17, 15) is 0 Å². The molecule has 0 unspecified atom stereocenters. The van der Waals surface area contributed by atoms with Gasteiger partial charge in [-0.25, -0.2) is 0 Å². The van der Waals surface area contributed by atoms with Crippen molar-refractivity contribution in [2.75, 3.05) is 5.73 Å². The summed E-state index contributed by atoms with van der Waals surface area (Å²) in [6.07, 6.45) is 0.857. The van der Waals surface area contributed by atoms with Gasteiger partial charge >= 0.3 is 0 Å². The van der Waals surface area contributed by atoms with Crippen molar-refractivity contribution >= 4 is 17.4 Å². The first kappa shape index (κ1) is 13.0. The highest BCUT2D eigenvalue weighted by Crippen LogP contribution is 2.22. The van der Waals surface area contributed by atoms with Gasteiger partial charge in [-0.05, 0) is 30.2 Å². The number of rotatable bonds is 5. The summed E-state index contributed by atoms with van der Waals surface area (Å²) in [6, 6.07) is 7.76. The lowest BCUT2D eigenvalue weighted by Crippen LogP contribution is -1.96. The van der Waals surface area contributed by atoms with Crippen molar-refractivity contribution < 1.29 is 4.52 Å². The SMILES string of the molecule is CC(C)Cc1noc(CSc2ccc(N)cc2)n1. The predicted octanol–water partition coefficient (Wildman–Crippen LogP) is 3.14. The summed E-state index contributed by atoms with van der Waals surface area (Å²) in [5, 5.41) is 3.96. The molecule has 0 aliphatic carbocycles. The van der Waals surface area contributed by atoms with E-state index in [2.05, 4.69) is 24.0 Å². The number of anilines is 1. The minimum atomic E-state index is 0.542. The summed E-state index contributed by atoms with van der Waals surface area (Å²) in [4.78, 5) is 5.51. The number of benzene rings is 1. The van der Waals surface area contributed by atoms with E-state index in [-0.39, 0.29) is 0 Å². The number of nitrogen functional groups attached to an aromatic ring is 1. The molecule has 0 spiro atoms. The molecular formula is C13H17N3OS. The number of hydrogen-bond donors (Lipinski definition) is 1. The molecule has 1 aromatic carbocycles. The number of thioether (sulfide) groups is 1. The normalized spacial score (nSPS) is 11.1. The van der Waals surface area contributed by atoms with Crippen molar-refractivity contribution in [3.05, 3.63) is 36.0 Å². The zero-order chi connectivity index (χ0) is 13.0. The molecule has 1 aromatic heterocycles. The van der Waals surface area contributed by atoms with Gasteiger partial charge in [0, 0.05) is 17.0 Å². The molecule has 1 heterocycles. The van der Waals surface area contributed by atoms with E-state index in [1.54, 1.807) is 11.8 Å². The van der Waals surface area contributed by atoms with Crippen LogP contribution in [-0.4, -0.2) is 10.1 Å². The second-order valence-corrected chi connectivity index (χ2v) is 5.61. The average Bonchev–Trinajstić information content (AvgIpc) is 2.75. The number of aromatic nitrogens is 2. The maximum absolute atomic E-state index is 5.63. The molecule has 0 radical (unpaired) electrons. The molecule has 0 bridgehead atoms. The second kappa shape index (κ2) is 5.91. The highest BCUT2D eigenvalue weighted by atomic mass is 32.2. The zero-order valence-electron chi connectivity index (χ0n) is 10.6. The van der Waals surface area contributed by atoms with Crippen LogP contribution < -0.4 is 5.73 Å². The van der Waals surface area contributed by atoms with E-state index in [0.29, 0.717) is 17.6 Å². The Hall–Kier alpha value is -1.49. The molecular weight excluding hydrogens is 246 g/mol. The Bertz CT molecular complexity index is 493. The summed E-state index contributed by atoms with van der Waals surface area (Å²) in [5.41, 5.74) is 6.41. The van der Waals surface area contributed by atoms with E-state index in [0.717, 1.165) is 22.8 Å². The average molecular weight is 263 g/mol. The fourth-order valence-electron chi connectivity index (χ4n) is 1.51. The van der Waals surface area contributed by atoms with Crippen LogP contribution in [0.5, 0.6) is 0 Å². The van der Waals surface area contributed by atoms with Crippen LogP contribution in [0, 0.1) is 5.92 Å². The van der Waals surface area contributed by atoms with Gasteiger partial charge in [-0.1, -0.05) is 19.0 Å². The highest BCUT2D eigenvalue weighted by Gasteiger charge is 2.08. The van der Waals surface area contributed by atoms with Gasteiger partial charge in [-0.3, -0.25) is 0 Å². The third kappa shape index (κ3) is 3.77. The Labute approximate surface area is 111 Å². The number of nitrogens with zero attached hydrogens (tertiary/aromatic N) is 2. The monoisotopic (exact) mass is 263 g/mol. The minimum absolute atomic E-state index is 0.542. The molecule has 0 atom stereocenters. The maximum atomic E-state index is 5.63. The van der Waals surface area contributed by atoms with E-state index in [4.69, 9.17) is 10.3 Å². The van der Waals surface area contributed by atoms with Gasteiger partial charge < -0.3 is 10.3 Å². The van der Waals surface area contributed by atoms with Crippen LogP contribution in [-0.2, 0) is 12.2 Å². The standard InChI is InChI=1S/C13H17N3OS/c1-9(2)7-12-15-13(17-16-12)8-18-11-5-3-10(14)4-6-11/h3-6,9H,7-8,14H2,1-2H3. The lowest BCUT2D eigenvalue weighted by molar-refractivity contribution is 0.382. The first-order valence-corrected chi connectivity index (χ1v) is 6.92. The molecule has 2 N–H and O–H groups in total. The zero-order valence-corrected chi connectivity index (χ0v) is 11.4. The quantitative estimate of drug-likeness (QED) is 0.663. The second-order valence-electron chi connectivity index (χ2n) is 4.56. The van der Waals surface area contributed by atoms with Crippen molar-refractivity contribution in [1.29, 1.82) is 0 Å². The molecule has 0 saturated carbocycles. The van der Waals surface area contributed by atoms with E-state index in [1.807, 2.05) is 24.3 Å². The van der Waals surface area contributed by atoms with Crippen molar-refractivity contribution in [3.8, 4) is 0 Å². The summed E-state index contributed by atoms with van der Waals surface area (Å²) >= 11 is 1.66. The first-order chi connectivity index (χ1) is 8.63. The van der Waals surface area contributed by atoms with Gasteiger partial charge in [-0.2, -0.15) is 4.98 Å². The maximum Gasteiger partial charge on any atom is 0.237 e. The molecule has 0 fully saturated rings. The summed E-state index contributed by atoms with van der Waals surface area (Å²) in [6.45, 7) is 4.28. The third-order valence-electron chi connectivity index (χ3n) is 2.34. The van der Waals surface area contributed by atoms with Gasteiger partial charge in [-0.15, -0.1) is 11.8 Å². The van der Waals surface area contributed by atoms with Gasteiger partial charge in [0.25, 0.3) is 0 Å². The Kier molecular flexibility index (Phi) is 4.25. The van der Waals surface area contributed by atoms with Crippen LogP contribution >= 0.6 is 11.8 Å². The Balaban J connectivity index is 1.90. The Morgan fingerprint density at radius 2 is 2.00 bits per heavy atom. The van der Waals surface area contributed by atoms with Gasteiger partial charge in [0.05, 0.1) is 5.75 Å². The molecule has 2 rings (SSSR count). The molecule has 0 aliphatic heterocycles. The Morgan fingerprint density at radius 3 is 2.67 bits per heavy atom. The fourth-order valence-corrected chi connectivity index (χ4v) is 2.24. The summed E-state index contributed by atoms with van der Waals surface area (Å²) in [7, 11) is 0. The Morgan fingerprint density at radius 1 is 1.28 bits per heavy atom. The summed E-state index contributed by atoms with van der Waals surface area (Å²) < 4.78 is 5.20. The molecule has 5 heteroatoms. The van der Waals surface area contributed by atoms with E-state index >= 15 is 0 Å². The highest BCUT2D eigenvalue weighted by molar-refractivity contribution is 7.98. The van der Waals surface area contributed by atoms with Crippen LogP contribution in [0.1, 0.15) is 25.6 Å². The van der Waals surface area contributed by atoms with Crippen LogP contribution in [0.25, 0.3) is 0 Å². The van der Waals surface area contributed by atoms with Crippen LogP contribution in [0.2, 0.25) is 0 Å². The van der Waals surface area contributed by atoms with Gasteiger partial charge in [0.15, 0.2) is 5.82 Å². The van der Waals surface area contributed by atoms with Crippen LogP contribution in [0.3, 0.4) is 0 Å². The van der Waals surface area contributed by atoms with Crippen LogP contribution in [0.15, 0.2) is 33.7 Å². The molecule has 0 aliphatic rings. The molecule has 18 heavy (non-hydrogen) atoms. The van der Waals surface area contributed by atoms with Gasteiger partial charge in [0.1, 0.15) is 0 Å². The van der Waals surface area contributed by atoms with Crippen LogP contribution in [0.4, 0.5) is 5.69 Å². The summed E-state index contributed by atoms with van der Waals surface area (Å²) in [5.74, 6) is 2.69. The topological polar surface area (TPSA) is 64.9 Å². The van der Waals surface area contributed by atoms with E-state index < -0.39 is 0 Å². The smallest absolute Gasteiger partial charge is 0.237 e. The molecule has 0 amide bonds. The van der Waals surface area contributed by atoms with Crippen molar-refractivity contribution in [2.24, 2.45) is 5.92 Å². The number of hydrogen-bond acceptors (Lipinski definition) is 5. The van der Waals surface area contributed by atoms with Gasteiger partial charge in [0.2, 0.25) is 5.89 Å². The first-order valence-electron chi connectivity index (χ1n) is 5.93. The molecule has 0 saturated heterocycles. The number of nitrogens with two attached hydrogens (primary N) is 1. The lowest BCUT2D eigenvalue weighted by Gasteiger charge is -1.98. The third-order valence-corrected chi connectivity index (χ3v) is 3.34. The fraction of sp³-hybridized carbons (Fsp3) is 0.385. The van der Waals surface area contributed by atoms with Crippen molar-refractivity contribution in [3.63, 3.8) is 0 Å². The lowest BCUT2D eigenvalue weighted by atomic mass is 10.1. The minimum Gasteiger partial charge on any atom is -0.399 e. The molecule has 96 valence electrons. The van der Waals surface area contributed by atoms with Crippen molar-refractivity contribution in [2.45, 2.75) is 30.9 Å². The molecule has 2 aromatic rings. The largest absolute Gasteiger partial charge is 0.399 e.